The molecule has 0 bridgehead atoms. The van der Waals surface area contributed by atoms with E-state index in [0.717, 1.165) is 28.1 Å². The standard InChI is InChI=1S/C22H20ClF2NO2S2/c1-3-15-4-8-18(29)13-20(15)14(2)26(22-12-17(24)7-11-21(22)25)30(27,28)19-9-5-16(23)6-10-19/h4-7,9-14H,3,8H2,1-2H3/t14-/m1/s1. The molecule has 0 fully saturated rings. The Morgan fingerprint density at radius 3 is 2.47 bits per heavy atom. The molecular formula is C22H20ClF2NO2S2. The molecule has 0 saturated heterocycles. The van der Waals surface area contributed by atoms with Gasteiger partial charge in [0.25, 0.3) is 10.0 Å². The summed E-state index contributed by atoms with van der Waals surface area (Å²) in [5.74, 6) is -1.59. The van der Waals surface area contributed by atoms with Crippen molar-refractivity contribution in [2.24, 2.45) is 0 Å². The Bertz CT molecular complexity index is 1140. The first-order valence-corrected chi connectivity index (χ1v) is 11.6. The molecule has 0 aliphatic heterocycles. The van der Waals surface area contributed by atoms with E-state index in [-0.39, 0.29) is 10.6 Å². The number of sulfonamides is 1. The Balaban J connectivity index is 2.22. The summed E-state index contributed by atoms with van der Waals surface area (Å²) < 4.78 is 56.8. The quantitative estimate of drug-likeness (QED) is 0.472. The van der Waals surface area contributed by atoms with Gasteiger partial charge in [0.2, 0.25) is 0 Å². The van der Waals surface area contributed by atoms with Gasteiger partial charge in [-0.25, -0.2) is 17.2 Å². The molecule has 0 N–H and O–H groups in total. The average Bonchev–Trinajstić information content (AvgIpc) is 2.70. The molecular weight excluding hydrogens is 448 g/mol. The average molecular weight is 468 g/mol. The van der Waals surface area contributed by atoms with Gasteiger partial charge in [0, 0.05) is 22.4 Å². The van der Waals surface area contributed by atoms with Crippen LogP contribution in [0.4, 0.5) is 14.5 Å². The summed E-state index contributed by atoms with van der Waals surface area (Å²) in [5, 5.41) is 0.363. The highest BCUT2D eigenvalue weighted by Crippen LogP contribution is 2.35. The Morgan fingerprint density at radius 1 is 1.17 bits per heavy atom. The van der Waals surface area contributed by atoms with Gasteiger partial charge < -0.3 is 0 Å². The zero-order chi connectivity index (χ0) is 22.1. The van der Waals surface area contributed by atoms with Crippen LogP contribution in [0.2, 0.25) is 5.02 Å². The van der Waals surface area contributed by atoms with E-state index in [9.17, 15) is 17.2 Å². The van der Waals surface area contributed by atoms with Gasteiger partial charge in [-0.05, 0) is 67.0 Å². The second-order valence-electron chi connectivity index (χ2n) is 6.88. The van der Waals surface area contributed by atoms with E-state index in [1.165, 1.54) is 24.3 Å². The molecule has 8 heteroatoms. The number of anilines is 1. The lowest BCUT2D eigenvalue weighted by atomic mass is 9.91. The predicted octanol–water partition coefficient (Wildman–Crippen LogP) is 6.24. The van der Waals surface area contributed by atoms with Crippen molar-refractivity contribution < 1.29 is 17.2 Å². The van der Waals surface area contributed by atoms with Gasteiger partial charge in [-0.15, -0.1) is 0 Å². The van der Waals surface area contributed by atoms with Crippen LogP contribution in [0.15, 0.2) is 70.7 Å². The van der Waals surface area contributed by atoms with E-state index < -0.39 is 27.7 Å². The zero-order valence-electron chi connectivity index (χ0n) is 16.4. The van der Waals surface area contributed by atoms with Crippen LogP contribution < -0.4 is 4.31 Å². The number of hydrogen-bond acceptors (Lipinski definition) is 3. The minimum absolute atomic E-state index is 0.0802. The van der Waals surface area contributed by atoms with Crippen LogP contribution in [0.1, 0.15) is 26.7 Å². The summed E-state index contributed by atoms with van der Waals surface area (Å²) in [5.41, 5.74) is 1.21. The van der Waals surface area contributed by atoms with Crippen LogP contribution in [0.25, 0.3) is 0 Å². The van der Waals surface area contributed by atoms with Crippen LogP contribution in [0.5, 0.6) is 0 Å². The molecule has 1 aliphatic carbocycles. The van der Waals surface area contributed by atoms with Gasteiger partial charge in [0.15, 0.2) is 0 Å². The van der Waals surface area contributed by atoms with Crippen LogP contribution in [0.3, 0.4) is 0 Å². The number of hydrogen-bond donors (Lipinski definition) is 0. The number of benzene rings is 2. The van der Waals surface area contributed by atoms with Crippen molar-refractivity contribution in [3.63, 3.8) is 0 Å². The molecule has 0 aromatic heterocycles. The fraction of sp³-hybridized carbons (Fsp3) is 0.227. The normalized spacial score (nSPS) is 15.4. The lowest BCUT2D eigenvalue weighted by molar-refractivity contribution is 0.574. The summed E-state index contributed by atoms with van der Waals surface area (Å²) in [7, 11) is -4.25. The molecule has 0 heterocycles. The van der Waals surface area contributed by atoms with Crippen LogP contribution in [-0.2, 0) is 10.0 Å². The summed E-state index contributed by atoms with van der Waals surface area (Å²) in [4.78, 5) is 0.570. The highest BCUT2D eigenvalue weighted by Gasteiger charge is 2.34. The Hall–Kier alpha value is -2.09. The first-order valence-electron chi connectivity index (χ1n) is 9.34. The van der Waals surface area contributed by atoms with Crippen molar-refractivity contribution in [1.82, 2.24) is 0 Å². The fourth-order valence-electron chi connectivity index (χ4n) is 3.45. The molecule has 158 valence electrons. The first kappa shape index (κ1) is 22.6. The van der Waals surface area contributed by atoms with Gasteiger partial charge in [0.05, 0.1) is 16.6 Å². The summed E-state index contributed by atoms with van der Waals surface area (Å²) in [6, 6.07) is 7.47. The Morgan fingerprint density at radius 2 is 1.83 bits per heavy atom. The largest absolute Gasteiger partial charge is 0.264 e. The van der Waals surface area contributed by atoms with Gasteiger partial charge >= 0.3 is 0 Å². The molecule has 3 nitrogen and oxygen atoms in total. The van der Waals surface area contributed by atoms with Crippen molar-refractivity contribution in [1.29, 1.82) is 0 Å². The van der Waals surface area contributed by atoms with Crippen molar-refractivity contribution >= 4 is 44.4 Å². The van der Waals surface area contributed by atoms with Crippen LogP contribution in [-0.4, -0.2) is 19.3 Å². The van der Waals surface area contributed by atoms with Crippen LogP contribution >= 0.6 is 23.8 Å². The highest BCUT2D eigenvalue weighted by atomic mass is 35.5. The van der Waals surface area contributed by atoms with Gasteiger partial charge in [-0.1, -0.05) is 36.8 Å². The third-order valence-corrected chi connectivity index (χ3v) is 7.37. The van der Waals surface area contributed by atoms with E-state index in [1.54, 1.807) is 13.0 Å². The van der Waals surface area contributed by atoms with Crippen molar-refractivity contribution in [2.75, 3.05) is 4.31 Å². The van der Waals surface area contributed by atoms with Crippen molar-refractivity contribution in [2.45, 2.75) is 37.6 Å². The molecule has 0 saturated carbocycles. The molecule has 2 aromatic rings. The summed E-state index contributed by atoms with van der Waals surface area (Å²) in [6.07, 6.45) is 4.94. The summed E-state index contributed by atoms with van der Waals surface area (Å²) >= 11 is 11.2. The molecule has 1 atom stereocenters. The lowest BCUT2D eigenvalue weighted by Gasteiger charge is -2.34. The number of rotatable bonds is 6. The van der Waals surface area contributed by atoms with Crippen molar-refractivity contribution in [3.8, 4) is 0 Å². The lowest BCUT2D eigenvalue weighted by Crippen LogP contribution is -2.41. The first-order chi connectivity index (χ1) is 14.1. The monoisotopic (exact) mass is 467 g/mol. The number of halogens is 3. The number of nitrogens with zero attached hydrogens (tertiary/aromatic N) is 1. The maximum atomic E-state index is 14.8. The van der Waals surface area contributed by atoms with Gasteiger partial charge in [-0.2, -0.15) is 0 Å². The molecule has 30 heavy (non-hydrogen) atoms. The van der Waals surface area contributed by atoms with Crippen LogP contribution in [0, 0.1) is 11.6 Å². The molecule has 1 aliphatic rings. The minimum atomic E-state index is -4.25. The van der Waals surface area contributed by atoms with E-state index >= 15 is 0 Å². The maximum absolute atomic E-state index is 14.8. The van der Waals surface area contributed by atoms with E-state index in [2.05, 4.69) is 0 Å². The molecule has 2 aromatic carbocycles. The summed E-state index contributed by atoms with van der Waals surface area (Å²) in [6.45, 7) is 3.59. The third-order valence-electron chi connectivity index (χ3n) is 4.94. The Labute approximate surface area is 185 Å². The van der Waals surface area contributed by atoms with E-state index in [1.807, 2.05) is 13.0 Å². The van der Waals surface area contributed by atoms with Gasteiger partial charge in [-0.3, -0.25) is 4.31 Å². The Kier molecular flexibility index (Phi) is 6.75. The zero-order valence-corrected chi connectivity index (χ0v) is 18.8. The predicted molar refractivity (Wildman–Crippen MR) is 121 cm³/mol. The SMILES string of the molecule is CCC1=CCC(=S)C=C1[C@@H](C)N(c1cc(F)ccc1F)S(=O)(=O)c1ccc(Cl)cc1. The van der Waals surface area contributed by atoms with E-state index in [0.29, 0.717) is 28.3 Å². The second-order valence-corrected chi connectivity index (χ2v) is 9.66. The third kappa shape index (κ3) is 4.48. The smallest absolute Gasteiger partial charge is 0.256 e. The molecule has 0 amide bonds. The minimum Gasteiger partial charge on any atom is -0.256 e. The second kappa shape index (κ2) is 8.96. The molecule has 0 unspecified atom stereocenters. The topological polar surface area (TPSA) is 37.4 Å². The van der Waals surface area contributed by atoms with E-state index in [4.69, 9.17) is 23.8 Å². The number of thiocarbonyl (C=S) groups is 1. The van der Waals surface area contributed by atoms with Gasteiger partial charge in [0.1, 0.15) is 11.6 Å². The number of allylic oxidation sites excluding steroid dienone is 2. The maximum Gasteiger partial charge on any atom is 0.264 e. The van der Waals surface area contributed by atoms with Crippen molar-refractivity contribution in [3.05, 3.63) is 82.4 Å². The molecule has 0 radical (unpaired) electrons. The molecule has 3 rings (SSSR count). The fourth-order valence-corrected chi connectivity index (χ4v) is 5.42. The highest BCUT2D eigenvalue weighted by molar-refractivity contribution is 7.92. The molecule has 0 spiro atoms.